The number of rotatable bonds is 7. The van der Waals surface area contributed by atoms with Crippen LogP contribution < -0.4 is 15.5 Å². The normalized spacial score (nSPS) is 10.5. The van der Waals surface area contributed by atoms with E-state index in [1.807, 2.05) is 19.1 Å². The van der Waals surface area contributed by atoms with E-state index in [9.17, 15) is 0 Å². The smallest absolute Gasteiger partial charge is 0.250 e. The van der Waals surface area contributed by atoms with Gasteiger partial charge < -0.3 is 20.1 Å². The van der Waals surface area contributed by atoms with E-state index >= 15 is 0 Å². The SMILES string of the molecule is CCN(CC)c1ccc(Nc2cnnc(Nc3cc(C)on3)n2)cc1. The molecule has 1 aromatic carbocycles. The summed E-state index contributed by atoms with van der Waals surface area (Å²) in [5.74, 6) is 2.18. The molecule has 2 N–H and O–H groups in total. The molecule has 0 aliphatic rings. The van der Waals surface area contributed by atoms with Gasteiger partial charge in [0.15, 0.2) is 11.6 Å². The van der Waals surface area contributed by atoms with Gasteiger partial charge in [-0.15, -0.1) is 5.10 Å². The average molecular weight is 339 g/mol. The Hall–Kier alpha value is -3.16. The Morgan fingerprint density at radius 3 is 2.44 bits per heavy atom. The first-order chi connectivity index (χ1) is 12.2. The van der Waals surface area contributed by atoms with Crippen LogP contribution in [-0.4, -0.2) is 33.4 Å². The van der Waals surface area contributed by atoms with E-state index in [2.05, 4.69) is 61.9 Å². The Morgan fingerprint density at radius 1 is 1.04 bits per heavy atom. The molecule has 0 unspecified atom stereocenters. The number of nitrogens with one attached hydrogen (secondary N) is 2. The summed E-state index contributed by atoms with van der Waals surface area (Å²) in [5.41, 5.74) is 2.12. The predicted octanol–water partition coefficient (Wildman–Crippen LogP) is 3.50. The van der Waals surface area contributed by atoms with Gasteiger partial charge in [-0.2, -0.15) is 10.1 Å². The van der Waals surface area contributed by atoms with Gasteiger partial charge in [-0.25, -0.2) is 0 Å². The van der Waals surface area contributed by atoms with Gasteiger partial charge in [0.2, 0.25) is 5.95 Å². The van der Waals surface area contributed by atoms with Crippen molar-refractivity contribution < 1.29 is 4.52 Å². The fourth-order valence-corrected chi connectivity index (χ4v) is 2.45. The molecule has 25 heavy (non-hydrogen) atoms. The molecule has 3 aromatic rings. The molecule has 0 aliphatic heterocycles. The van der Waals surface area contributed by atoms with Crippen molar-refractivity contribution in [2.45, 2.75) is 20.8 Å². The van der Waals surface area contributed by atoms with Gasteiger partial charge in [-0.1, -0.05) is 5.16 Å². The quantitative estimate of drug-likeness (QED) is 0.676. The molecule has 0 amide bonds. The molecule has 0 saturated heterocycles. The monoisotopic (exact) mass is 339 g/mol. The van der Waals surface area contributed by atoms with Crippen molar-refractivity contribution in [3.8, 4) is 0 Å². The number of anilines is 5. The third-order valence-electron chi connectivity index (χ3n) is 3.69. The standard InChI is InChI=1S/C17H21N7O/c1-4-24(5-2)14-8-6-13(7-9-14)19-16-11-18-22-17(21-16)20-15-10-12(3)25-23-15/h6-11H,4-5H2,1-3H3,(H2,19,20,21,22,23). The van der Waals surface area contributed by atoms with Crippen LogP contribution in [-0.2, 0) is 0 Å². The van der Waals surface area contributed by atoms with Crippen molar-refractivity contribution in [3.05, 3.63) is 42.3 Å². The number of hydrogen-bond acceptors (Lipinski definition) is 8. The number of nitrogens with zero attached hydrogens (tertiary/aromatic N) is 5. The van der Waals surface area contributed by atoms with Crippen LogP contribution in [0.15, 0.2) is 41.1 Å². The fourth-order valence-electron chi connectivity index (χ4n) is 2.45. The first-order valence-corrected chi connectivity index (χ1v) is 8.20. The Bertz CT molecular complexity index is 812. The topological polar surface area (TPSA) is 92.0 Å². The molecule has 0 bridgehead atoms. The highest BCUT2D eigenvalue weighted by atomic mass is 16.5. The van der Waals surface area contributed by atoms with Gasteiger partial charge >= 0.3 is 0 Å². The van der Waals surface area contributed by atoms with Gasteiger partial charge in [0.25, 0.3) is 0 Å². The summed E-state index contributed by atoms with van der Waals surface area (Å²) in [6.07, 6.45) is 1.57. The van der Waals surface area contributed by atoms with Gasteiger partial charge in [0, 0.05) is 30.5 Å². The number of benzene rings is 1. The van der Waals surface area contributed by atoms with Crippen LogP contribution in [0.3, 0.4) is 0 Å². The maximum Gasteiger partial charge on any atom is 0.250 e. The zero-order chi connectivity index (χ0) is 17.6. The largest absolute Gasteiger partial charge is 0.372 e. The van der Waals surface area contributed by atoms with Crippen molar-refractivity contribution in [2.24, 2.45) is 0 Å². The van der Waals surface area contributed by atoms with Gasteiger partial charge in [-0.05, 0) is 45.0 Å². The molecule has 2 heterocycles. The summed E-state index contributed by atoms with van der Waals surface area (Å²) in [6, 6.07) is 9.96. The minimum Gasteiger partial charge on any atom is -0.372 e. The van der Waals surface area contributed by atoms with E-state index in [-0.39, 0.29) is 0 Å². The first-order valence-electron chi connectivity index (χ1n) is 8.20. The highest BCUT2D eigenvalue weighted by Gasteiger charge is 2.06. The third-order valence-corrected chi connectivity index (χ3v) is 3.69. The van der Waals surface area contributed by atoms with Gasteiger partial charge in [0.05, 0.1) is 6.20 Å². The van der Waals surface area contributed by atoms with Crippen LogP contribution in [0.5, 0.6) is 0 Å². The van der Waals surface area contributed by atoms with E-state index in [0.29, 0.717) is 23.3 Å². The molecule has 0 spiro atoms. The summed E-state index contributed by atoms with van der Waals surface area (Å²) in [5, 5.41) is 17.9. The van der Waals surface area contributed by atoms with E-state index in [1.165, 1.54) is 5.69 Å². The Kier molecular flexibility index (Phi) is 5.08. The summed E-state index contributed by atoms with van der Waals surface area (Å²) in [4.78, 5) is 6.66. The molecule has 2 aromatic heterocycles. The van der Waals surface area contributed by atoms with Crippen LogP contribution >= 0.6 is 0 Å². The zero-order valence-electron chi connectivity index (χ0n) is 14.5. The Balaban J connectivity index is 1.69. The Labute approximate surface area is 146 Å². The van der Waals surface area contributed by atoms with E-state index < -0.39 is 0 Å². The lowest BCUT2D eigenvalue weighted by molar-refractivity contribution is 0.400. The molecule has 0 aliphatic carbocycles. The van der Waals surface area contributed by atoms with Crippen molar-refractivity contribution in [3.63, 3.8) is 0 Å². The lowest BCUT2D eigenvalue weighted by Gasteiger charge is -2.21. The molecule has 0 fully saturated rings. The Morgan fingerprint density at radius 2 is 1.80 bits per heavy atom. The molecule has 130 valence electrons. The average Bonchev–Trinajstić information content (AvgIpc) is 3.02. The zero-order valence-corrected chi connectivity index (χ0v) is 14.5. The molecule has 0 radical (unpaired) electrons. The second-order valence-electron chi connectivity index (χ2n) is 5.46. The predicted molar refractivity (Wildman–Crippen MR) is 97.6 cm³/mol. The fraction of sp³-hybridized carbons (Fsp3) is 0.294. The molecular weight excluding hydrogens is 318 g/mol. The summed E-state index contributed by atoms with van der Waals surface area (Å²) in [7, 11) is 0. The van der Waals surface area contributed by atoms with E-state index in [0.717, 1.165) is 18.8 Å². The third kappa shape index (κ3) is 4.23. The first kappa shape index (κ1) is 16.7. The second kappa shape index (κ2) is 7.61. The molecule has 8 nitrogen and oxygen atoms in total. The maximum absolute atomic E-state index is 5.00. The highest BCUT2D eigenvalue weighted by Crippen LogP contribution is 2.20. The van der Waals surface area contributed by atoms with E-state index in [4.69, 9.17) is 4.52 Å². The minimum atomic E-state index is 0.345. The lowest BCUT2D eigenvalue weighted by Crippen LogP contribution is -2.21. The maximum atomic E-state index is 5.00. The molecular formula is C17H21N7O. The minimum absolute atomic E-state index is 0.345. The number of aryl methyl sites for hydroxylation is 1. The van der Waals surface area contributed by atoms with Crippen LogP contribution in [0.1, 0.15) is 19.6 Å². The van der Waals surface area contributed by atoms with Crippen LogP contribution in [0.4, 0.5) is 29.0 Å². The molecule has 0 atom stereocenters. The van der Waals surface area contributed by atoms with Crippen LogP contribution in [0.25, 0.3) is 0 Å². The second-order valence-corrected chi connectivity index (χ2v) is 5.46. The summed E-state index contributed by atoms with van der Waals surface area (Å²) in [6.45, 7) is 8.07. The van der Waals surface area contributed by atoms with Crippen LogP contribution in [0, 0.1) is 6.92 Å². The van der Waals surface area contributed by atoms with Gasteiger partial charge in [0.1, 0.15) is 5.76 Å². The number of hydrogen-bond donors (Lipinski definition) is 2. The molecule has 8 heteroatoms. The van der Waals surface area contributed by atoms with Gasteiger partial charge in [-0.3, -0.25) is 0 Å². The molecule has 3 rings (SSSR count). The van der Waals surface area contributed by atoms with Crippen molar-refractivity contribution in [1.82, 2.24) is 20.3 Å². The summed E-state index contributed by atoms with van der Waals surface area (Å²) >= 11 is 0. The van der Waals surface area contributed by atoms with Crippen molar-refractivity contribution in [2.75, 3.05) is 28.6 Å². The van der Waals surface area contributed by atoms with E-state index in [1.54, 1.807) is 12.3 Å². The van der Waals surface area contributed by atoms with Crippen molar-refractivity contribution in [1.29, 1.82) is 0 Å². The van der Waals surface area contributed by atoms with Crippen LogP contribution in [0.2, 0.25) is 0 Å². The summed E-state index contributed by atoms with van der Waals surface area (Å²) < 4.78 is 5.00. The lowest BCUT2D eigenvalue weighted by atomic mass is 10.2. The molecule has 0 saturated carbocycles. The highest BCUT2D eigenvalue weighted by molar-refractivity contribution is 5.61. The van der Waals surface area contributed by atoms with Crippen molar-refractivity contribution >= 4 is 29.0 Å². The number of aromatic nitrogens is 4.